The number of hydrogen-bond acceptors (Lipinski definition) is 3. The van der Waals surface area contributed by atoms with Crippen molar-refractivity contribution in [1.29, 1.82) is 0 Å². The highest BCUT2D eigenvalue weighted by molar-refractivity contribution is 6.19. The Morgan fingerprint density at radius 3 is 1.74 bits per heavy atom. The van der Waals surface area contributed by atoms with Crippen LogP contribution >= 0.6 is 0 Å². The fourth-order valence-electron chi connectivity index (χ4n) is 7.68. The summed E-state index contributed by atoms with van der Waals surface area (Å²) in [6.45, 7) is 0. The smallest absolute Gasteiger partial charge is 0.238 e. The van der Waals surface area contributed by atoms with Gasteiger partial charge in [0.2, 0.25) is 5.95 Å². The van der Waals surface area contributed by atoms with Crippen molar-refractivity contribution in [2.45, 2.75) is 0 Å². The van der Waals surface area contributed by atoms with Crippen molar-refractivity contribution < 1.29 is 24.7 Å². The first-order valence-corrected chi connectivity index (χ1v) is 17.7. The predicted molar refractivity (Wildman–Crippen MR) is 234 cm³/mol. The van der Waals surface area contributed by atoms with Crippen LogP contribution in [0.25, 0.3) is 106 Å². The van der Waals surface area contributed by atoms with E-state index in [9.17, 15) is 4.11 Å². The predicted octanol–water partition coefficient (Wildman–Crippen LogP) is 12.5. The molecule has 6 heteroatoms. The molecule has 266 valence electrons. The topological polar surface area (TPSA) is 53.5 Å². The molecule has 0 fully saturated rings. The van der Waals surface area contributed by atoms with Crippen molar-refractivity contribution in [3.05, 3.63) is 194 Å². The molecule has 0 spiro atoms. The molecule has 12 aromatic rings. The maximum Gasteiger partial charge on any atom is 0.238 e. The molecule has 0 aliphatic rings. The largest absolute Gasteiger partial charge is 0.309 e. The van der Waals surface area contributed by atoms with E-state index in [4.69, 9.17) is 30.5 Å². The molecule has 0 saturated carbocycles. The van der Waals surface area contributed by atoms with E-state index in [0.29, 0.717) is 33.0 Å². The molecule has 0 unspecified atom stereocenters. The van der Waals surface area contributed by atoms with E-state index in [2.05, 4.69) is 4.98 Å². The zero-order valence-corrected chi connectivity index (χ0v) is 29.3. The van der Waals surface area contributed by atoms with Gasteiger partial charge in [0.15, 0.2) is 11.6 Å². The van der Waals surface area contributed by atoms with Crippen molar-refractivity contribution in [3.63, 3.8) is 0 Å². The molecule has 0 radical (unpaired) electrons. The first-order chi connectivity index (χ1) is 35.8. The number of nitrogens with zero attached hydrogens (tertiary/aromatic N) is 6. The molecule has 8 aromatic carbocycles. The minimum Gasteiger partial charge on any atom is -0.309 e. The number of aromatic nitrogens is 6. The monoisotopic (exact) mass is 746 g/mol. The lowest BCUT2D eigenvalue weighted by molar-refractivity contribution is 0.953. The summed E-state index contributed by atoms with van der Waals surface area (Å²) >= 11 is 0. The molecule has 0 bridgehead atoms. The first kappa shape index (κ1) is 18.7. The molecule has 6 nitrogen and oxygen atoms in total. The lowest BCUT2D eigenvalue weighted by atomic mass is 10.1. The third-order valence-corrected chi connectivity index (χ3v) is 10.0. The summed E-state index contributed by atoms with van der Waals surface area (Å²) in [5, 5.41) is 2.37. The van der Waals surface area contributed by atoms with E-state index >= 15 is 0 Å². The Balaban J connectivity index is 1.26. The molecule has 0 aliphatic heterocycles. The minimum atomic E-state index is -0.814. The summed E-state index contributed by atoms with van der Waals surface area (Å²) in [7, 11) is 0. The minimum absolute atomic E-state index is 0.243. The standard InChI is InChI=1S/C51H32N6/c1-4-16-33(17-5-1)49-52-50(34-28-29-40-37-22-10-13-25-43(37)55(46(40)30-34)35-18-6-2-7-19-35)54-51(53-49)57-45-27-15-12-24-39(45)42-31-41-38-23-11-14-26-44(38)56(47(41)32-48(42)57)36-20-8-3-9-21-36/h1-32H/i1D,2D,4D,5D,6D,7D,10D,13D,16D,17D,18D,19D,20D,22D,25D,28D,29D,30D. The number of para-hydroxylation sites is 5. The van der Waals surface area contributed by atoms with Gasteiger partial charge in [0.25, 0.3) is 0 Å². The highest BCUT2D eigenvalue weighted by Gasteiger charge is 2.22. The molecule has 0 amide bonds. The van der Waals surface area contributed by atoms with Gasteiger partial charge in [-0.1, -0.05) is 133 Å². The summed E-state index contributed by atoms with van der Waals surface area (Å²) in [5.74, 6) is -1.30. The fraction of sp³-hybridized carbons (Fsp3) is 0. The van der Waals surface area contributed by atoms with Gasteiger partial charge in [-0.05, 0) is 60.5 Å². The summed E-state index contributed by atoms with van der Waals surface area (Å²) in [5.41, 5.74) is 0.481. The van der Waals surface area contributed by atoms with Crippen LogP contribution in [-0.2, 0) is 0 Å². The highest BCUT2D eigenvalue weighted by Crippen LogP contribution is 2.40. The van der Waals surface area contributed by atoms with Gasteiger partial charge in [-0.3, -0.25) is 4.57 Å². The molecule has 4 heterocycles. The normalized spacial score (nSPS) is 16.3. The van der Waals surface area contributed by atoms with E-state index in [0.717, 1.165) is 20.9 Å². The third-order valence-electron chi connectivity index (χ3n) is 10.0. The van der Waals surface area contributed by atoms with Crippen molar-refractivity contribution in [3.8, 4) is 40.1 Å². The third kappa shape index (κ3) is 4.81. The second kappa shape index (κ2) is 12.3. The van der Waals surface area contributed by atoms with Crippen molar-refractivity contribution in [1.82, 2.24) is 28.7 Å². The Kier molecular flexibility index (Phi) is 4.04. The molecule has 0 atom stereocenters. The van der Waals surface area contributed by atoms with Gasteiger partial charge in [-0.25, -0.2) is 4.98 Å². The molecular weight excluding hydrogens is 697 g/mol. The van der Waals surface area contributed by atoms with Gasteiger partial charge in [0, 0.05) is 54.8 Å². The van der Waals surface area contributed by atoms with Crippen LogP contribution in [0.4, 0.5) is 0 Å². The SMILES string of the molecule is [2H]c1ccccc1-n1c2ccccc2c2cc3c4ccccc4n(-c4nc(-c5c([2H])c([2H])c([2H])c([2H])c5[2H])nc(-c5c([2H])c([2H])c6c7c([2H])c([2H])c([2H])c([2H])c7n(-c7c([2H])c([2H])c([2H])c([2H])c7[2H])c6c5[2H])n4)c3cc21. The zero-order chi connectivity index (χ0) is 53.1. The Morgan fingerprint density at radius 2 is 0.965 bits per heavy atom. The zero-order valence-electron chi connectivity index (χ0n) is 47.3. The Bertz CT molecular complexity index is 4540. The van der Waals surface area contributed by atoms with Crippen LogP contribution in [0.15, 0.2) is 194 Å². The summed E-state index contributed by atoms with van der Waals surface area (Å²) in [6.07, 6.45) is 0. The van der Waals surface area contributed by atoms with Crippen LogP contribution in [-0.4, -0.2) is 28.7 Å². The van der Waals surface area contributed by atoms with Crippen LogP contribution in [0.2, 0.25) is 0 Å². The highest BCUT2D eigenvalue weighted by atomic mass is 15.2. The Hall–Kier alpha value is -7.83. The Morgan fingerprint density at radius 1 is 0.351 bits per heavy atom. The van der Waals surface area contributed by atoms with Crippen LogP contribution in [0.3, 0.4) is 0 Å². The molecule has 4 aromatic heterocycles. The average molecular weight is 747 g/mol. The summed E-state index contributed by atoms with van der Waals surface area (Å²) in [6, 6.07) is 13.5. The second-order valence-electron chi connectivity index (χ2n) is 13.1. The second-order valence-corrected chi connectivity index (χ2v) is 13.1. The number of hydrogen-bond donors (Lipinski definition) is 0. The molecule has 12 rings (SSSR count). The molecular formula is C51H32N6. The van der Waals surface area contributed by atoms with Gasteiger partial charge >= 0.3 is 0 Å². The maximum absolute atomic E-state index is 10.0. The van der Waals surface area contributed by atoms with Gasteiger partial charge in [-0.2, -0.15) is 9.97 Å². The lowest BCUT2D eigenvalue weighted by Gasteiger charge is -2.12. The number of benzene rings is 8. The van der Waals surface area contributed by atoms with Crippen molar-refractivity contribution >= 4 is 65.4 Å². The van der Waals surface area contributed by atoms with Gasteiger partial charge in [0.1, 0.15) is 0 Å². The van der Waals surface area contributed by atoms with Gasteiger partial charge < -0.3 is 9.13 Å². The van der Waals surface area contributed by atoms with E-state index in [1.807, 2.05) is 65.2 Å². The number of fused-ring (bicyclic) bond motifs is 9. The van der Waals surface area contributed by atoms with Gasteiger partial charge in [-0.15, -0.1) is 0 Å². The van der Waals surface area contributed by atoms with E-state index in [1.165, 1.54) is 0 Å². The van der Waals surface area contributed by atoms with Crippen LogP contribution in [0.5, 0.6) is 0 Å². The van der Waals surface area contributed by atoms with E-state index in [1.54, 1.807) is 28.8 Å². The van der Waals surface area contributed by atoms with Crippen molar-refractivity contribution in [2.75, 3.05) is 0 Å². The van der Waals surface area contributed by atoms with Crippen molar-refractivity contribution in [2.24, 2.45) is 0 Å². The van der Waals surface area contributed by atoms with Crippen LogP contribution in [0.1, 0.15) is 24.7 Å². The van der Waals surface area contributed by atoms with Crippen LogP contribution < -0.4 is 0 Å². The molecule has 57 heavy (non-hydrogen) atoms. The maximum atomic E-state index is 10.0. The van der Waals surface area contributed by atoms with Crippen LogP contribution in [0, 0.1) is 0 Å². The lowest BCUT2D eigenvalue weighted by Crippen LogP contribution is -2.06. The Labute approximate surface area is 352 Å². The molecule has 0 saturated heterocycles. The quantitative estimate of drug-likeness (QED) is 0.176. The molecule has 0 aliphatic carbocycles. The summed E-state index contributed by atoms with van der Waals surface area (Å²) in [4.78, 5) is 14.4. The van der Waals surface area contributed by atoms with E-state index in [-0.39, 0.29) is 17.4 Å². The first-order valence-electron chi connectivity index (χ1n) is 26.7. The van der Waals surface area contributed by atoms with Gasteiger partial charge in [0.05, 0.1) is 57.8 Å². The number of rotatable bonds is 5. The summed E-state index contributed by atoms with van der Waals surface area (Å²) < 4.78 is 165. The molecule has 0 N–H and O–H groups in total. The fourth-order valence-corrected chi connectivity index (χ4v) is 7.68. The van der Waals surface area contributed by atoms with E-state index < -0.39 is 148 Å². The average Bonchev–Trinajstić information content (AvgIpc) is 4.20.